The van der Waals surface area contributed by atoms with E-state index in [9.17, 15) is 9.59 Å². The molecule has 0 radical (unpaired) electrons. The lowest BCUT2D eigenvalue weighted by molar-refractivity contribution is -0.136. The highest BCUT2D eigenvalue weighted by molar-refractivity contribution is 5.87. The fourth-order valence-corrected chi connectivity index (χ4v) is 2.84. The van der Waals surface area contributed by atoms with E-state index in [1.165, 1.54) is 12.1 Å². The molecule has 1 amide bonds. The maximum Gasteiger partial charge on any atom is 0.335 e. The predicted molar refractivity (Wildman–Crippen MR) is 105 cm³/mol. The number of rotatable bonds is 9. The van der Waals surface area contributed by atoms with Gasteiger partial charge in [-0.05, 0) is 35.6 Å². The van der Waals surface area contributed by atoms with Crippen LogP contribution in [0.25, 0.3) is 0 Å². The molecule has 0 heterocycles. The smallest absolute Gasteiger partial charge is 0.335 e. The zero-order valence-electron chi connectivity index (χ0n) is 16.0. The summed E-state index contributed by atoms with van der Waals surface area (Å²) in [6.45, 7) is 3.90. The van der Waals surface area contributed by atoms with Gasteiger partial charge in [-0.25, -0.2) is 4.79 Å². The summed E-state index contributed by atoms with van der Waals surface area (Å²) in [5.74, 6) is -1.13. The number of hydrogen-bond donors (Lipinski definition) is 2. The molecule has 0 aliphatic carbocycles. The topological polar surface area (TPSA) is 99.4 Å². The number of nitrogens with zero attached hydrogens (tertiary/aromatic N) is 1. The number of carbonyl (C=O) groups excluding carboxylic acids is 1. The molecule has 2 aromatic rings. The first-order valence-corrected chi connectivity index (χ1v) is 9.10. The summed E-state index contributed by atoms with van der Waals surface area (Å²) >= 11 is 0. The fraction of sp³-hybridized carbons (Fsp3) is 0.318. The Morgan fingerprint density at radius 1 is 1.07 bits per heavy atom. The number of amides is 1. The second kappa shape index (κ2) is 10.2. The minimum absolute atomic E-state index is 0.0832. The lowest BCUT2D eigenvalue weighted by atomic mass is 9.98. The van der Waals surface area contributed by atoms with Crippen LogP contribution in [0.1, 0.15) is 47.9 Å². The SMILES string of the molecule is CC(C)C[C@H](OC(c1ccccc1)c1ccc(C(=O)O)cc1)C(=O)NCC#N. The normalized spacial score (nSPS) is 12.8. The van der Waals surface area contributed by atoms with E-state index < -0.39 is 18.2 Å². The highest BCUT2D eigenvalue weighted by Gasteiger charge is 2.26. The van der Waals surface area contributed by atoms with Gasteiger partial charge in [-0.1, -0.05) is 56.3 Å². The van der Waals surface area contributed by atoms with E-state index in [1.807, 2.05) is 50.2 Å². The van der Waals surface area contributed by atoms with Crippen LogP contribution in [-0.2, 0) is 9.53 Å². The molecule has 2 N–H and O–H groups in total. The van der Waals surface area contributed by atoms with Crippen molar-refractivity contribution in [1.29, 1.82) is 5.26 Å². The average Bonchev–Trinajstić information content (AvgIpc) is 2.69. The maximum atomic E-state index is 12.5. The first kappa shape index (κ1) is 21.1. The van der Waals surface area contributed by atoms with Crippen LogP contribution in [0, 0.1) is 17.2 Å². The minimum Gasteiger partial charge on any atom is -0.478 e. The summed E-state index contributed by atoms with van der Waals surface area (Å²) < 4.78 is 6.22. The third-order valence-corrected chi connectivity index (χ3v) is 4.18. The standard InChI is InChI=1S/C22H24N2O4/c1-15(2)14-19(21(25)24-13-12-23)28-20(16-6-4-3-5-7-16)17-8-10-18(11-9-17)22(26)27/h3-11,15,19-20H,13-14H2,1-2H3,(H,24,25)(H,26,27)/t19-,20?/m0/s1. The Balaban J connectivity index is 2.35. The van der Waals surface area contributed by atoms with Crippen LogP contribution in [0.3, 0.4) is 0 Å². The molecule has 0 saturated heterocycles. The minimum atomic E-state index is -1.00. The molecule has 0 aromatic heterocycles. The quantitative estimate of drug-likeness (QED) is 0.648. The number of carboxylic acids is 1. The number of nitriles is 1. The van der Waals surface area contributed by atoms with E-state index in [2.05, 4.69) is 5.32 Å². The second-order valence-corrected chi connectivity index (χ2v) is 6.85. The van der Waals surface area contributed by atoms with Crippen LogP contribution in [-0.4, -0.2) is 29.6 Å². The van der Waals surface area contributed by atoms with Crippen molar-refractivity contribution in [2.45, 2.75) is 32.5 Å². The molecule has 2 atom stereocenters. The lowest BCUT2D eigenvalue weighted by Crippen LogP contribution is -2.38. The van der Waals surface area contributed by atoms with Crippen molar-refractivity contribution in [1.82, 2.24) is 5.32 Å². The fourth-order valence-electron chi connectivity index (χ4n) is 2.84. The Hall–Kier alpha value is -3.17. The third kappa shape index (κ3) is 5.93. The molecule has 0 aliphatic rings. The zero-order chi connectivity index (χ0) is 20.5. The van der Waals surface area contributed by atoms with Gasteiger partial charge in [-0.2, -0.15) is 5.26 Å². The van der Waals surface area contributed by atoms with E-state index >= 15 is 0 Å². The number of carboxylic acid groups (broad SMARTS) is 1. The van der Waals surface area contributed by atoms with Gasteiger partial charge in [0.1, 0.15) is 18.8 Å². The molecule has 0 spiro atoms. The summed E-state index contributed by atoms with van der Waals surface area (Å²) in [6, 6.07) is 17.8. The highest BCUT2D eigenvalue weighted by atomic mass is 16.5. The Morgan fingerprint density at radius 3 is 2.21 bits per heavy atom. The molecule has 1 unspecified atom stereocenters. The van der Waals surface area contributed by atoms with Gasteiger partial charge in [0, 0.05) is 0 Å². The van der Waals surface area contributed by atoms with Gasteiger partial charge in [0.2, 0.25) is 5.91 Å². The maximum absolute atomic E-state index is 12.5. The van der Waals surface area contributed by atoms with Gasteiger partial charge in [-0.15, -0.1) is 0 Å². The number of nitrogens with one attached hydrogen (secondary N) is 1. The Labute approximate surface area is 164 Å². The van der Waals surface area contributed by atoms with Crippen LogP contribution < -0.4 is 5.32 Å². The van der Waals surface area contributed by atoms with Crippen molar-refractivity contribution in [2.24, 2.45) is 5.92 Å². The van der Waals surface area contributed by atoms with Crippen molar-refractivity contribution in [3.05, 3.63) is 71.3 Å². The zero-order valence-corrected chi connectivity index (χ0v) is 16.0. The lowest BCUT2D eigenvalue weighted by Gasteiger charge is -2.26. The summed E-state index contributed by atoms with van der Waals surface area (Å²) in [5.41, 5.74) is 1.78. The van der Waals surface area contributed by atoms with Gasteiger partial charge in [-0.3, -0.25) is 4.79 Å². The Morgan fingerprint density at radius 2 is 1.68 bits per heavy atom. The summed E-state index contributed by atoms with van der Waals surface area (Å²) in [5, 5.41) is 20.4. The number of ether oxygens (including phenoxy) is 1. The van der Waals surface area contributed by atoms with Crippen molar-refractivity contribution in [2.75, 3.05) is 6.54 Å². The largest absolute Gasteiger partial charge is 0.478 e. The highest BCUT2D eigenvalue weighted by Crippen LogP contribution is 2.29. The Kier molecular flexibility index (Phi) is 7.73. The van der Waals surface area contributed by atoms with Gasteiger partial charge >= 0.3 is 5.97 Å². The second-order valence-electron chi connectivity index (χ2n) is 6.85. The first-order valence-electron chi connectivity index (χ1n) is 9.10. The molecule has 6 heteroatoms. The van der Waals surface area contributed by atoms with Gasteiger partial charge in [0.15, 0.2) is 0 Å². The summed E-state index contributed by atoms with van der Waals surface area (Å²) in [7, 11) is 0. The van der Waals surface area contributed by atoms with E-state index in [0.29, 0.717) is 6.42 Å². The number of benzene rings is 2. The molecule has 28 heavy (non-hydrogen) atoms. The van der Waals surface area contributed by atoms with Crippen molar-refractivity contribution < 1.29 is 19.4 Å². The van der Waals surface area contributed by atoms with Crippen LogP contribution in [0.2, 0.25) is 0 Å². The van der Waals surface area contributed by atoms with E-state index in [1.54, 1.807) is 12.1 Å². The molecule has 146 valence electrons. The summed E-state index contributed by atoms with van der Waals surface area (Å²) in [4.78, 5) is 23.6. The van der Waals surface area contributed by atoms with Gasteiger partial charge in [0.05, 0.1) is 11.6 Å². The van der Waals surface area contributed by atoms with Gasteiger partial charge in [0.25, 0.3) is 0 Å². The molecule has 6 nitrogen and oxygen atoms in total. The molecule has 0 bridgehead atoms. The molecule has 0 aliphatic heterocycles. The molecule has 0 fully saturated rings. The monoisotopic (exact) mass is 380 g/mol. The molecule has 0 saturated carbocycles. The number of aromatic carboxylic acids is 1. The number of carbonyl (C=O) groups is 2. The van der Waals surface area contributed by atoms with Crippen molar-refractivity contribution in [3.63, 3.8) is 0 Å². The van der Waals surface area contributed by atoms with Gasteiger partial charge < -0.3 is 15.2 Å². The van der Waals surface area contributed by atoms with Crippen LogP contribution in [0.5, 0.6) is 0 Å². The predicted octanol–water partition coefficient (Wildman–Crippen LogP) is 3.55. The van der Waals surface area contributed by atoms with E-state index in [4.69, 9.17) is 15.1 Å². The molecular formula is C22H24N2O4. The third-order valence-electron chi connectivity index (χ3n) is 4.18. The van der Waals surface area contributed by atoms with Crippen LogP contribution in [0.15, 0.2) is 54.6 Å². The van der Waals surface area contributed by atoms with E-state index in [-0.39, 0.29) is 23.9 Å². The first-order chi connectivity index (χ1) is 13.4. The van der Waals surface area contributed by atoms with E-state index in [0.717, 1.165) is 11.1 Å². The molecule has 2 aromatic carbocycles. The van der Waals surface area contributed by atoms with Crippen molar-refractivity contribution >= 4 is 11.9 Å². The van der Waals surface area contributed by atoms with Crippen molar-refractivity contribution in [3.8, 4) is 6.07 Å². The number of hydrogen-bond acceptors (Lipinski definition) is 4. The molecular weight excluding hydrogens is 356 g/mol. The van der Waals surface area contributed by atoms with Crippen LogP contribution >= 0.6 is 0 Å². The Bertz CT molecular complexity index is 826. The van der Waals surface area contributed by atoms with Crippen LogP contribution in [0.4, 0.5) is 0 Å². The molecule has 2 rings (SSSR count). The average molecular weight is 380 g/mol. The summed E-state index contributed by atoms with van der Waals surface area (Å²) in [6.07, 6.45) is -0.785.